The van der Waals surface area contributed by atoms with Gasteiger partial charge in [-0.3, -0.25) is 9.78 Å². The van der Waals surface area contributed by atoms with E-state index in [-0.39, 0.29) is 30.0 Å². The van der Waals surface area contributed by atoms with Crippen molar-refractivity contribution in [3.8, 4) is 17.0 Å². The molecule has 6 nitrogen and oxygen atoms in total. The number of nitrogens with zero attached hydrogens (tertiary/aromatic N) is 2. The van der Waals surface area contributed by atoms with Crippen LogP contribution in [0.5, 0.6) is 5.75 Å². The van der Waals surface area contributed by atoms with Gasteiger partial charge in [0.1, 0.15) is 34.6 Å². The SMILES string of the molecule is C[C@H]1C[C@@H](c2ccncc2CC(=O)c2ccc(F)c(-c3c(F)cc(O)cc3F)n2)C[C@@H](N)[C@@H]1O. The van der Waals surface area contributed by atoms with Crippen molar-refractivity contribution in [2.24, 2.45) is 11.7 Å². The van der Waals surface area contributed by atoms with E-state index in [2.05, 4.69) is 9.97 Å². The number of carbonyl (C=O) groups is 1. The minimum absolute atomic E-state index is 0.0121. The Kier molecular flexibility index (Phi) is 6.67. The molecule has 0 unspecified atom stereocenters. The number of halogens is 3. The van der Waals surface area contributed by atoms with E-state index in [0.29, 0.717) is 30.5 Å². The zero-order valence-corrected chi connectivity index (χ0v) is 18.4. The number of hydrogen-bond donors (Lipinski definition) is 3. The normalized spacial score (nSPS) is 22.5. The van der Waals surface area contributed by atoms with Crippen molar-refractivity contribution in [1.29, 1.82) is 0 Å². The fourth-order valence-corrected chi connectivity index (χ4v) is 4.63. The second-order valence-electron chi connectivity index (χ2n) is 8.79. The lowest BCUT2D eigenvalue weighted by Crippen LogP contribution is -2.44. The molecular weight excluding hydrogens is 447 g/mol. The number of aromatic hydroxyl groups is 1. The van der Waals surface area contributed by atoms with Gasteiger partial charge in [0.15, 0.2) is 5.78 Å². The minimum Gasteiger partial charge on any atom is -0.508 e. The highest BCUT2D eigenvalue weighted by molar-refractivity contribution is 5.96. The first kappa shape index (κ1) is 23.8. The second kappa shape index (κ2) is 9.52. The first-order valence-electron chi connectivity index (χ1n) is 10.9. The van der Waals surface area contributed by atoms with Gasteiger partial charge in [0.25, 0.3) is 0 Å². The molecule has 4 atom stereocenters. The molecular formula is C25H24F3N3O3. The summed E-state index contributed by atoms with van der Waals surface area (Å²) in [6.07, 6.45) is 3.73. The lowest BCUT2D eigenvalue weighted by molar-refractivity contribution is 0.0519. The topological polar surface area (TPSA) is 109 Å². The predicted octanol–water partition coefficient (Wildman–Crippen LogP) is 3.89. The van der Waals surface area contributed by atoms with Crippen LogP contribution in [-0.4, -0.2) is 38.1 Å². The summed E-state index contributed by atoms with van der Waals surface area (Å²) in [5.74, 6) is -4.53. The Hall–Kier alpha value is -3.30. The van der Waals surface area contributed by atoms with Crippen molar-refractivity contribution in [2.45, 2.75) is 44.2 Å². The Bertz CT molecular complexity index is 1200. The Morgan fingerprint density at radius 3 is 2.50 bits per heavy atom. The molecule has 34 heavy (non-hydrogen) atoms. The standard InChI is InChI=1S/C25H24F3N3O3/c1-12-6-13(7-20(29)25(12)34)16-4-5-30-11-14(16)8-22(33)21-3-2-17(26)24(31-21)23-18(27)9-15(32)10-19(23)28/h2-5,9-13,20,25,32,34H,6-8,29H2,1H3/t12-,13+,20+,25+/m0/s1. The van der Waals surface area contributed by atoms with Crippen LogP contribution in [0.15, 0.2) is 42.7 Å². The van der Waals surface area contributed by atoms with E-state index >= 15 is 0 Å². The number of Topliss-reactive ketones (excluding diaryl/α,β-unsaturated/α-hetero) is 1. The maximum absolute atomic E-state index is 14.4. The van der Waals surface area contributed by atoms with Crippen LogP contribution in [-0.2, 0) is 6.42 Å². The molecule has 4 N–H and O–H groups in total. The highest BCUT2D eigenvalue weighted by Crippen LogP contribution is 2.37. The lowest BCUT2D eigenvalue weighted by Gasteiger charge is -2.36. The molecule has 0 bridgehead atoms. The summed E-state index contributed by atoms with van der Waals surface area (Å²) in [5.41, 5.74) is 6.04. The number of carbonyl (C=O) groups excluding carboxylic acids is 1. The Balaban J connectivity index is 1.64. The Labute approximate surface area is 194 Å². The van der Waals surface area contributed by atoms with E-state index in [0.717, 1.165) is 17.7 Å². The fraction of sp³-hybridized carbons (Fsp3) is 0.320. The second-order valence-corrected chi connectivity index (χ2v) is 8.79. The van der Waals surface area contributed by atoms with Gasteiger partial charge in [0.2, 0.25) is 0 Å². The molecule has 1 aliphatic rings. The maximum atomic E-state index is 14.4. The molecule has 0 radical (unpaired) electrons. The van der Waals surface area contributed by atoms with E-state index in [9.17, 15) is 28.2 Å². The van der Waals surface area contributed by atoms with Crippen molar-refractivity contribution < 1.29 is 28.2 Å². The van der Waals surface area contributed by atoms with Crippen molar-refractivity contribution in [2.75, 3.05) is 0 Å². The predicted molar refractivity (Wildman–Crippen MR) is 119 cm³/mol. The molecule has 178 valence electrons. The molecule has 0 spiro atoms. The molecule has 4 rings (SSSR count). The fourth-order valence-electron chi connectivity index (χ4n) is 4.63. The average molecular weight is 471 g/mol. The van der Waals surface area contributed by atoms with E-state index in [1.165, 1.54) is 0 Å². The van der Waals surface area contributed by atoms with Gasteiger partial charge in [-0.15, -0.1) is 0 Å². The van der Waals surface area contributed by atoms with Crippen molar-refractivity contribution in [3.05, 3.63) is 77.0 Å². The van der Waals surface area contributed by atoms with Crippen LogP contribution < -0.4 is 5.73 Å². The van der Waals surface area contributed by atoms with Crippen LogP contribution in [0.25, 0.3) is 11.3 Å². The molecule has 1 fully saturated rings. The number of phenolic OH excluding ortho intramolecular Hbond substituents is 1. The van der Waals surface area contributed by atoms with Crippen LogP contribution in [0, 0.1) is 23.4 Å². The first-order valence-corrected chi connectivity index (χ1v) is 10.9. The molecule has 0 amide bonds. The molecule has 0 saturated heterocycles. The molecule has 1 saturated carbocycles. The number of hydrogen-bond acceptors (Lipinski definition) is 6. The number of phenols is 1. The lowest BCUT2D eigenvalue weighted by atomic mass is 9.74. The Morgan fingerprint density at radius 1 is 1.12 bits per heavy atom. The van der Waals surface area contributed by atoms with Gasteiger partial charge in [-0.1, -0.05) is 6.92 Å². The smallest absolute Gasteiger partial charge is 0.185 e. The molecule has 1 aromatic carbocycles. The van der Waals surface area contributed by atoms with Gasteiger partial charge >= 0.3 is 0 Å². The van der Waals surface area contributed by atoms with Crippen molar-refractivity contribution in [1.82, 2.24) is 9.97 Å². The summed E-state index contributed by atoms with van der Waals surface area (Å²) >= 11 is 0. The number of aromatic nitrogens is 2. The van der Waals surface area contributed by atoms with Crippen molar-refractivity contribution >= 4 is 5.78 Å². The summed E-state index contributed by atoms with van der Waals surface area (Å²) in [6, 6.07) is 4.79. The number of aliphatic hydroxyl groups is 1. The van der Waals surface area contributed by atoms with Crippen LogP contribution >= 0.6 is 0 Å². The number of nitrogens with two attached hydrogens (primary N) is 1. The van der Waals surface area contributed by atoms with Gasteiger partial charge in [-0.2, -0.15) is 0 Å². The molecule has 9 heteroatoms. The minimum atomic E-state index is -1.20. The zero-order valence-electron chi connectivity index (χ0n) is 18.4. The summed E-state index contributed by atoms with van der Waals surface area (Å²) in [7, 11) is 0. The van der Waals surface area contributed by atoms with E-state index in [1.54, 1.807) is 12.4 Å². The van der Waals surface area contributed by atoms with Gasteiger partial charge in [0, 0.05) is 37.0 Å². The first-order chi connectivity index (χ1) is 16.2. The highest BCUT2D eigenvalue weighted by atomic mass is 19.1. The van der Waals surface area contributed by atoms with Gasteiger partial charge in [-0.05, 0) is 54.0 Å². The molecule has 2 heterocycles. The molecule has 2 aromatic heterocycles. The van der Waals surface area contributed by atoms with Crippen molar-refractivity contribution in [3.63, 3.8) is 0 Å². The van der Waals surface area contributed by atoms with Crippen LogP contribution in [0.1, 0.15) is 47.3 Å². The molecule has 0 aliphatic heterocycles. The van der Waals surface area contributed by atoms with Gasteiger partial charge < -0.3 is 15.9 Å². The van der Waals surface area contributed by atoms with E-state index < -0.39 is 46.3 Å². The van der Waals surface area contributed by atoms with E-state index in [1.807, 2.05) is 13.0 Å². The summed E-state index contributed by atoms with van der Waals surface area (Å²) in [6.45, 7) is 1.92. The van der Waals surface area contributed by atoms with Crippen LogP contribution in [0.4, 0.5) is 13.2 Å². The van der Waals surface area contributed by atoms with Crippen LogP contribution in [0.2, 0.25) is 0 Å². The number of pyridine rings is 2. The number of rotatable bonds is 5. The number of benzene rings is 1. The highest BCUT2D eigenvalue weighted by Gasteiger charge is 2.34. The average Bonchev–Trinajstić information content (AvgIpc) is 2.78. The zero-order chi connectivity index (χ0) is 24.6. The maximum Gasteiger partial charge on any atom is 0.185 e. The Morgan fingerprint density at radius 2 is 1.82 bits per heavy atom. The van der Waals surface area contributed by atoms with E-state index in [4.69, 9.17) is 5.73 Å². The summed E-state index contributed by atoms with van der Waals surface area (Å²) in [5, 5.41) is 19.5. The third kappa shape index (κ3) is 4.67. The largest absolute Gasteiger partial charge is 0.508 e. The summed E-state index contributed by atoms with van der Waals surface area (Å²) in [4.78, 5) is 21.1. The molecule has 3 aromatic rings. The third-order valence-corrected chi connectivity index (χ3v) is 6.36. The van der Waals surface area contributed by atoms with Gasteiger partial charge in [0.05, 0.1) is 11.7 Å². The quantitative estimate of drug-likeness (QED) is 0.487. The molecule has 1 aliphatic carbocycles. The monoisotopic (exact) mass is 471 g/mol. The van der Waals surface area contributed by atoms with Gasteiger partial charge in [-0.25, -0.2) is 18.2 Å². The number of aliphatic hydroxyl groups excluding tert-OH is 1. The van der Waals surface area contributed by atoms with Crippen LogP contribution in [0.3, 0.4) is 0 Å². The number of ketones is 1. The third-order valence-electron chi connectivity index (χ3n) is 6.36. The summed E-state index contributed by atoms with van der Waals surface area (Å²) < 4.78 is 43.0.